The minimum Gasteiger partial charge on any atom is -0.335 e. The number of hydrogen-bond donors (Lipinski definition) is 0. The van der Waals surface area contributed by atoms with Crippen LogP contribution in [0.4, 0.5) is 0 Å². The Morgan fingerprint density at radius 1 is 1.16 bits per heavy atom. The predicted molar refractivity (Wildman–Crippen MR) is 98.0 cm³/mol. The Morgan fingerprint density at radius 3 is 2.76 bits per heavy atom. The summed E-state index contributed by atoms with van der Waals surface area (Å²) < 4.78 is 0. The molecule has 136 valence electrons. The van der Waals surface area contributed by atoms with E-state index in [0.717, 1.165) is 37.5 Å². The van der Waals surface area contributed by atoms with E-state index >= 15 is 0 Å². The Morgan fingerprint density at radius 2 is 2.00 bits per heavy atom. The number of likely N-dealkylation sites (tertiary alicyclic amines) is 3. The largest absolute Gasteiger partial charge is 0.335 e. The molecular weight excluding hydrogens is 312 g/mol. The van der Waals surface area contributed by atoms with Gasteiger partial charge in [0.25, 0.3) is 0 Å². The fourth-order valence-corrected chi connectivity index (χ4v) is 4.96. The molecule has 1 amide bonds. The van der Waals surface area contributed by atoms with Crippen molar-refractivity contribution in [1.82, 2.24) is 19.7 Å². The fraction of sp³-hybridized carbons (Fsp3) is 0.700. The van der Waals surface area contributed by atoms with Gasteiger partial charge in [-0.2, -0.15) is 0 Å². The van der Waals surface area contributed by atoms with E-state index in [-0.39, 0.29) is 0 Å². The van der Waals surface area contributed by atoms with Gasteiger partial charge in [0.2, 0.25) is 5.91 Å². The number of pyridine rings is 1. The van der Waals surface area contributed by atoms with Crippen molar-refractivity contribution in [3.63, 3.8) is 0 Å². The third kappa shape index (κ3) is 3.72. The second-order valence-electron chi connectivity index (χ2n) is 8.07. The molecule has 0 bridgehead atoms. The van der Waals surface area contributed by atoms with Crippen LogP contribution in [-0.4, -0.2) is 70.9 Å². The lowest BCUT2D eigenvalue weighted by atomic mass is 9.82. The van der Waals surface area contributed by atoms with Crippen molar-refractivity contribution in [2.24, 2.45) is 5.92 Å². The predicted octanol–water partition coefficient (Wildman–Crippen LogP) is 1.99. The second kappa shape index (κ2) is 7.42. The lowest BCUT2D eigenvalue weighted by Gasteiger charge is -2.49. The van der Waals surface area contributed by atoms with Crippen LogP contribution in [0.15, 0.2) is 24.5 Å². The summed E-state index contributed by atoms with van der Waals surface area (Å²) in [4.78, 5) is 24.1. The molecule has 5 nitrogen and oxygen atoms in total. The molecule has 3 fully saturated rings. The number of amides is 1. The third-order valence-electron chi connectivity index (χ3n) is 6.46. The molecule has 1 aromatic heterocycles. The summed E-state index contributed by atoms with van der Waals surface area (Å²) in [5, 5.41) is 0. The molecule has 5 heteroatoms. The maximum Gasteiger partial charge on any atom is 0.223 e. The van der Waals surface area contributed by atoms with Crippen LogP contribution in [0.1, 0.15) is 37.7 Å². The molecule has 4 heterocycles. The number of piperidine rings is 3. The van der Waals surface area contributed by atoms with Gasteiger partial charge in [-0.3, -0.25) is 14.7 Å². The minimum atomic E-state index is 0.331. The third-order valence-corrected chi connectivity index (χ3v) is 6.46. The highest BCUT2D eigenvalue weighted by Crippen LogP contribution is 2.34. The summed E-state index contributed by atoms with van der Waals surface area (Å²) >= 11 is 0. The van der Waals surface area contributed by atoms with Crippen LogP contribution in [0, 0.1) is 5.92 Å². The first-order chi connectivity index (χ1) is 12.2. The van der Waals surface area contributed by atoms with Crippen molar-refractivity contribution >= 4 is 5.91 Å². The Labute approximate surface area is 151 Å². The quantitative estimate of drug-likeness (QED) is 0.842. The first-order valence-electron chi connectivity index (χ1n) is 9.81. The molecule has 0 aromatic carbocycles. The average Bonchev–Trinajstić information content (AvgIpc) is 2.65. The Hall–Kier alpha value is -1.46. The van der Waals surface area contributed by atoms with Crippen LogP contribution < -0.4 is 0 Å². The van der Waals surface area contributed by atoms with E-state index in [1.807, 2.05) is 12.3 Å². The average molecular weight is 342 g/mol. The first kappa shape index (κ1) is 17.0. The molecule has 0 saturated carbocycles. The number of carbonyl (C=O) groups excluding carboxylic acids is 1. The number of aromatic nitrogens is 1. The molecular formula is C20H30N4O. The van der Waals surface area contributed by atoms with Crippen LogP contribution in [0.2, 0.25) is 0 Å². The molecule has 0 spiro atoms. The number of hydrogen-bond acceptors (Lipinski definition) is 4. The number of nitrogens with zero attached hydrogens (tertiary/aromatic N) is 4. The number of fused-ring (bicyclic) bond motifs is 1. The Kier molecular flexibility index (Phi) is 5.04. The maximum atomic E-state index is 12.6. The lowest BCUT2D eigenvalue weighted by molar-refractivity contribution is -0.142. The van der Waals surface area contributed by atoms with Crippen molar-refractivity contribution in [3.05, 3.63) is 30.1 Å². The SMILES string of the molecule is CN1CCC(N2CC[C@H]3[C@H](CCC(=O)N3Cc3cccnc3)C2)CC1. The fourth-order valence-electron chi connectivity index (χ4n) is 4.96. The van der Waals surface area contributed by atoms with Gasteiger partial charge in [-0.15, -0.1) is 0 Å². The van der Waals surface area contributed by atoms with Crippen LogP contribution in [0.5, 0.6) is 0 Å². The molecule has 3 saturated heterocycles. The summed E-state index contributed by atoms with van der Waals surface area (Å²) in [7, 11) is 2.23. The molecule has 0 unspecified atom stereocenters. The summed E-state index contributed by atoms with van der Waals surface area (Å²) in [5.41, 5.74) is 1.15. The smallest absolute Gasteiger partial charge is 0.223 e. The maximum absolute atomic E-state index is 12.6. The van der Waals surface area contributed by atoms with E-state index in [1.165, 1.54) is 32.5 Å². The zero-order valence-electron chi connectivity index (χ0n) is 15.3. The summed E-state index contributed by atoms with van der Waals surface area (Å²) in [6.45, 7) is 5.49. The minimum absolute atomic E-state index is 0.331. The van der Waals surface area contributed by atoms with Crippen molar-refractivity contribution in [2.75, 3.05) is 33.2 Å². The van der Waals surface area contributed by atoms with E-state index in [0.29, 0.717) is 24.3 Å². The van der Waals surface area contributed by atoms with Gasteiger partial charge in [0.15, 0.2) is 0 Å². The Bertz CT molecular complexity index is 585. The van der Waals surface area contributed by atoms with Crippen LogP contribution in [-0.2, 0) is 11.3 Å². The summed E-state index contributed by atoms with van der Waals surface area (Å²) in [5.74, 6) is 0.973. The van der Waals surface area contributed by atoms with Gasteiger partial charge in [-0.1, -0.05) is 6.07 Å². The van der Waals surface area contributed by atoms with Crippen molar-refractivity contribution < 1.29 is 4.79 Å². The van der Waals surface area contributed by atoms with Gasteiger partial charge >= 0.3 is 0 Å². The van der Waals surface area contributed by atoms with Crippen molar-refractivity contribution in [1.29, 1.82) is 0 Å². The van der Waals surface area contributed by atoms with E-state index in [2.05, 4.69) is 32.8 Å². The zero-order valence-corrected chi connectivity index (χ0v) is 15.3. The highest BCUT2D eigenvalue weighted by molar-refractivity contribution is 5.77. The monoisotopic (exact) mass is 342 g/mol. The van der Waals surface area contributed by atoms with Gasteiger partial charge in [0, 0.05) is 50.5 Å². The van der Waals surface area contributed by atoms with Gasteiger partial charge in [-0.25, -0.2) is 0 Å². The van der Waals surface area contributed by atoms with Crippen LogP contribution in [0.25, 0.3) is 0 Å². The molecule has 0 N–H and O–H groups in total. The van der Waals surface area contributed by atoms with E-state index in [9.17, 15) is 4.79 Å². The lowest BCUT2D eigenvalue weighted by Crippen LogP contribution is -2.58. The normalized spacial score (nSPS) is 29.6. The standard InChI is InChI=1S/C20H30N4O/c1-22-10-6-18(7-11-22)23-12-8-19-17(15-23)4-5-20(25)24(19)14-16-3-2-9-21-13-16/h2-3,9,13,17-19H,4-8,10-12,14-15H2,1H3/t17-,19+/m1/s1. The molecule has 2 atom stereocenters. The van der Waals surface area contributed by atoms with Crippen LogP contribution >= 0.6 is 0 Å². The molecule has 3 aliphatic heterocycles. The van der Waals surface area contributed by atoms with Gasteiger partial charge < -0.3 is 9.80 Å². The number of rotatable bonds is 3. The van der Waals surface area contributed by atoms with Crippen LogP contribution in [0.3, 0.4) is 0 Å². The molecule has 25 heavy (non-hydrogen) atoms. The molecule has 4 rings (SSSR count). The van der Waals surface area contributed by atoms with Crippen molar-refractivity contribution in [3.8, 4) is 0 Å². The molecule has 1 aromatic rings. The molecule has 0 aliphatic carbocycles. The first-order valence-corrected chi connectivity index (χ1v) is 9.81. The number of carbonyl (C=O) groups is 1. The van der Waals surface area contributed by atoms with Gasteiger partial charge in [0.05, 0.1) is 0 Å². The molecule has 0 radical (unpaired) electrons. The molecule has 3 aliphatic rings. The van der Waals surface area contributed by atoms with Gasteiger partial charge in [-0.05, 0) is 63.4 Å². The van der Waals surface area contributed by atoms with Gasteiger partial charge in [0.1, 0.15) is 0 Å². The summed E-state index contributed by atoms with van der Waals surface area (Å²) in [6, 6.07) is 5.21. The Balaban J connectivity index is 1.41. The van der Waals surface area contributed by atoms with Crippen molar-refractivity contribution in [2.45, 2.75) is 50.7 Å². The summed E-state index contributed by atoms with van der Waals surface area (Å²) in [6.07, 6.45) is 9.19. The highest BCUT2D eigenvalue weighted by Gasteiger charge is 2.40. The second-order valence-corrected chi connectivity index (χ2v) is 8.07. The zero-order chi connectivity index (χ0) is 17.2. The highest BCUT2D eigenvalue weighted by atomic mass is 16.2. The van der Waals surface area contributed by atoms with E-state index in [1.54, 1.807) is 6.20 Å². The van der Waals surface area contributed by atoms with E-state index in [4.69, 9.17) is 0 Å². The van der Waals surface area contributed by atoms with E-state index < -0.39 is 0 Å². The topological polar surface area (TPSA) is 39.7 Å².